The summed E-state index contributed by atoms with van der Waals surface area (Å²) < 4.78 is 5.58. The third kappa shape index (κ3) is 4.22. The van der Waals surface area contributed by atoms with E-state index in [1.54, 1.807) is 26.1 Å². The fourth-order valence-corrected chi connectivity index (χ4v) is 3.34. The molecule has 27 heavy (non-hydrogen) atoms. The molecule has 1 amide bonds. The van der Waals surface area contributed by atoms with Crippen molar-refractivity contribution in [2.45, 2.75) is 32.8 Å². The number of benzene rings is 2. The van der Waals surface area contributed by atoms with Crippen LogP contribution in [0.4, 0.5) is 0 Å². The van der Waals surface area contributed by atoms with Gasteiger partial charge in [0.1, 0.15) is 6.61 Å². The first kappa shape index (κ1) is 19.2. The smallest absolute Gasteiger partial charge is 0.336 e. The Balaban J connectivity index is 1.87. The molecule has 2 aromatic rings. The first-order valence-electron chi connectivity index (χ1n) is 8.82. The maximum atomic E-state index is 12.9. The highest BCUT2D eigenvalue weighted by Gasteiger charge is 2.35. The van der Waals surface area contributed by atoms with E-state index in [2.05, 4.69) is 0 Å². The second kappa shape index (κ2) is 7.97. The van der Waals surface area contributed by atoms with Crippen molar-refractivity contribution in [2.24, 2.45) is 0 Å². The van der Waals surface area contributed by atoms with Gasteiger partial charge < -0.3 is 9.64 Å². The molecule has 3 rings (SSSR count). The summed E-state index contributed by atoms with van der Waals surface area (Å²) in [5, 5.41) is 0.613. The molecule has 2 aromatic carbocycles. The SMILES string of the molecule is CC1=C(C(=O)OCc2ccc(C)cc2)C(c2ccc(Cl)cc2)CC(=O)N1C. The molecule has 1 heterocycles. The lowest BCUT2D eigenvalue weighted by atomic mass is 9.84. The Bertz CT molecular complexity index is 885. The van der Waals surface area contributed by atoms with Crippen LogP contribution in [0.15, 0.2) is 59.8 Å². The van der Waals surface area contributed by atoms with Gasteiger partial charge in [-0.25, -0.2) is 4.79 Å². The average Bonchev–Trinajstić information content (AvgIpc) is 2.66. The van der Waals surface area contributed by atoms with Gasteiger partial charge >= 0.3 is 5.97 Å². The normalized spacial score (nSPS) is 17.3. The lowest BCUT2D eigenvalue weighted by Gasteiger charge is -2.32. The predicted octanol–water partition coefficient (Wildman–Crippen LogP) is 4.61. The van der Waals surface area contributed by atoms with Crippen LogP contribution in [0.25, 0.3) is 0 Å². The standard InChI is InChI=1S/C22H22ClNO3/c1-14-4-6-16(7-5-14)13-27-22(26)21-15(2)24(3)20(25)12-19(21)17-8-10-18(23)11-9-17/h4-11,19H,12-13H2,1-3H3. The molecule has 0 N–H and O–H groups in total. The third-order valence-corrected chi connectivity index (χ3v) is 5.23. The van der Waals surface area contributed by atoms with E-state index in [0.29, 0.717) is 16.3 Å². The van der Waals surface area contributed by atoms with E-state index in [1.165, 1.54) is 4.90 Å². The number of amides is 1. The van der Waals surface area contributed by atoms with Crippen molar-refractivity contribution in [3.8, 4) is 0 Å². The molecule has 0 saturated heterocycles. The zero-order valence-electron chi connectivity index (χ0n) is 15.7. The minimum absolute atomic E-state index is 0.0254. The highest BCUT2D eigenvalue weighted by atomic mass is 35.5. The maximum absolute atomic E-state index is 12.9. The largest absolute Gasteiger partial charge is 0.457 e. The summed E-state index contributed by atoms with van der Waals surface area (Å²) in [6.07, 6.45) is 0.227. The highest BCUT2D eigenvalue weighted by Crippen LogP contribution is 2.36. The van der Waals surface area contributed by atoms with Crippen molar-refractivity contribution >= 4 is 23.5 Å². The van der Waals surface area contributed by atoms with E-state index in [1.807, 2.05) is 43.3 Å². The Morgan fingerprint density at radius 2 is 1.74 bits per heavy atom. The molecule has 1 aliphatic rings. The Morgan fingerprint density at radius 3 is 2.37 bits per heavy atom. The van der Waals surface area contributed by atoms with Gasteiger partial charge in [-0.2, -0.15) is 0 Å². The van der Waals surface area contributed by atoms with Gasteiger partial charge in [-0.3, -0.25) is 4.79 Å². The predicted molar refractivity (Wildman–Crippen MR) is 105 cm³/mol. The van der Waals surface area contributed by atoms with Gasteiger partial charge in [0.2, 0.25) is 5.91 Å². The van der Waals surface area contributed by atoms with Crippen LogP contribution < -0.4 is 0 Å². The number of esters is 1. The minimum Gasteiger partial charge on any atom is -0.457 e. The number of hydrogen-bond acceptors (Lipinski definition) is 3. The summed E-state index contributed by atoms with van der Waals surface area (Å²) in [6, 6.07) is 15.1. The van der Waals surface area contributed by atoms with Gasteiger partial charge in [-0.15, -0.1) is 0 Å². The summed E-state index contributed by atoms with van der Waals surface area (Å²) in [5.41, 5.74) is 4.10. The Labute approximate surface area is 164 Å². The molecule has 1 atom stereocenters. The summed E-state index contributed by atoms with van der Waals surface area (Å²) >= 11 is 5.98. The van der Waals surface area contributed by atoms with Gasteiger partial charge in [0.15, 0.2) is 0 Å². The number of halogens is 1. The number of aryl methyl sites for hydroxylation is 1. The van der Waals surface area contributed by atoms with E-state index in [4.69, 9.17) is 16.3 Å². The number of rotatable bonds is 4. The molecule has 0 fully saturated rings. The van der Waals surface area contributed by atoms with Crippen LogP contribution in [0.3, 0.4) is 0 Å². The quantitative estimate of drug-likeness (QED) is 0.724. The topological polar surface area (TPSA) is 46.6 Å². The van der Waals surface area contributed by atoms with Crippen molar-refractivity contribution in [1.29, 1.82) is 0 Å². The summed E-state index contributed by atoms with van der Waals surface area (Å²) in [6.45, 7) is 3.99. The molecule has 1 aliphatic heterocycles. The third-order valence-electron chi connectivity index (χ3n) is 4.98. The van der Waals surface area contributed by atoms with E-state index >= 15 is 0 Å². The van der Waals surface area contributed by atoms with E-state index < -0.39 is 5.97 Å². The van der Waals surface area contributed by atoms with Gasteiger partial charge in [0, 0.05) is 30.1 Å². The zero-order valence-corrected chi connectivity index (χ0v) is 16.4. The molecule has 4 nitrogen and oxygen atoms in total. The van der Waals surface area contributed by atoms with Crippen LogP contribution in [0.5, 0.6) is 0 Å². The molecule has 0 radical (unpaired) electrons. The Morgan fingerprint density at radius 1 is 1.11 bits per heavy atom. The van der Waals surface area contributed by atoms with Crippen LogP contribution in [0.2, 0.25) is 5.02 Å². The van der Waals surface area contributed by atoms with E-state index in [9.17, 15) is 9.59 Å². The van der Waals surface area contributed by atoms with Crippen molar-refractivity contribution in [3.63, 3.8) is 0 Å². The zero-order chi connectivity index (χ0) is 19.6. The molecular formula is C22H22ClNO3. The van der Waals surface area contributed by atoms with E-state index in [-0.39, 0.29) is 24.9 Å². The fraction of sp³-hybridized carbons (Fsp3) is 0.273. The Hall–Kier alpha value is -2.59. The monoisotopic (exact) mass is 383 g/mol. The number of allylic oxidation sites excluding steroid dienone is 1. The van der Waals surface area contributed by atoms with Gasteiger partial charge in [-0.1, -0.05) is 53.6 Å². The Kier molecular flexibility index (Phi) is 5.66. The van der Waals surface area contributed by atoms with Crippen LogP contribution in [0, 0.1) is 6.92 Å². The fourth-order valence-electron chi connectivity index (χ4n) is 3.21. The first-order chi connectivity index (χ1) is 12.9. The van der Waals surface area contributed by atoms with Gasteiger partial charge in [-0.05, 0) is 37.1 Å². The molecular weight excluding hydrogens is 362 g/mol. The maximum Gasteiger partial charge on any atom is 0.336 e. The number of carbonyl (C=O) groups is 2. The number of ether oxygens (including phenoxy) is 1. The van der Waals surface area contributed by atoms with E-state index in [0.717, 1.165) is 16.7 Å². The van der Waals surface area contributed by atoms with Crippen molar-refractivity contribution in [3.05, 3.63) is 81.5 Å². The highest BCUT2D eigenvalue weighted by molar-refractivity contribution is 6.30. The second-order valence-corrected chi connectivity index (χ2v) is 7.26. The number of carbonyl (C=O) groups excluding carboxylic acids is 2. The number of nitrogens with zero attached hydrogens (tertiary/aromatic N) is 1. The molecule has 0 aliphatic carbocycles. The summed E-state index contributed by atoms with van der Waals surface area (Å²) in [4.78, 5) is 26.8. The minimum atomic E-state index is -0.396. The molecule has 0 spiro atoms. The lowest BCUT2D eigenvalue weighted by Crippen LogP contribution is -2.35. The summed E-state index contributed by atoms with van der Waals surface area (Å²) in [7, 11) is 1.68. The van der Waals surface area contributed by atoms with Crippen molar-refractivity contribution < 1.29 is 14.3 Å². The summed E-state index contributed by atoms with van der Waals surface area (Å²) in [5.74, 6) is -0.758. The average molecular weight is 384 g/mol. The van der Waals surface area contributed by atoms with Gasteiger partial charge in [0.05, 0.1) is 5.57 Å². The van der Waals surface area contributed by atoms with Crippen molar-refractivity contribution in [1.82, 2.24) is 4.90 Å². The first-order valence-corrected chi connectivity index (χ1v) is 9.20. The van der Waals surface area contributed by atoms with Gasteiger partial charge in [0.25, 0.3) is 0 Å². The van der Waals surface area contributed by atoms with Crippen LogP contribution in [-0.2, 0) is 20.9 Å². The molecule has 5 heteroatoms. The molecule has 0 aromatic heterocycles. The van der Waals surface area contributed by atoms with Crippen LogP contribution >= 0.6 is 11.6 Å². The van der Waals surface area contributed by atoms with Crippen LogP contribution in [-0.4, -0.2) is 23.8 Å². The van der Waals surface area contributed by atoms with Crippen LogP contribution in [0.1, 0.15) is 36.0 Å². The van der Waals surface area contributed by atoms with Crippen molar-refractivity contribution in [2.75, 3.05) is 7.05 Å². The molecule has 140 valence electrons. The second-order valence-electron chi connectivity index (χ2n) is 6.82. The molecule has 0 saturated carbocycles. The number of hydrogen-bond donors (Lipinski definition) is 0. The molecule has 1 unspecified atom stereocenters. The lowest BCUT2D eigenvalue weighted by molar-refractivity contribution is -0.141. The molecule has 0 bridgehead atoms.